The van der Waals surface area contributed by atoms with Crippen LogP contribution in [0.3, 0.4) is 0 Å². The monoisotopic (exact) mass is 277 g/mol. The maximum atomic E-state index is 12.1. The molecule has 0 aromatic heterocycles. The van der Waals surface area contributed by atoms with Gasteiger partial charge in [0.25, 0.3) is 0 Å². The van der Waals surface area contributed by atoms with Crippen molar-refractivity contribution in [2.75, 3.05) is 6.54 Å². The number of benzene rings is 1. The van der Waals surface area contributed by atoms with Crippen molar-refractivity contribution in [2.24, 2.45) is 0 Å². The molecule has 0 atom stereocenters. The third-order valence-corrected chi connectivity index (χ3v) is 3.59. The summed E-state index contributed by atoms with van der Waals surface area (Å²) in [5.74, 6) is -0.538. The summed E-state index contributed by atoms with van der Waals surface area (Å²) in [4.78, 5) is 24.2. The van der Waals surface area contributed by atoms with Gasteiger partial charge in [-0.15, -0.1) is 0 Å². The number of aliphatic carboxylic acids is 1. The fourth-order valence-corrected chi connectivity index (χ4v) is 2.47. The number of aromatic hydroxyl groups is 1. The molecule has 1 aliphatic heterocycles. The number of amides is 1. The number of carboxylic acids is 1. The average molecular weight is 277 g/mol. The average Bonchev–Trinajstić information content (AvgIpc) is 2.42. The molecule has 1 heterocycles. The third kappa shape index (κ3) is 3.73. The van der Waals surface area contributed by atoms with Gasteiger partial charge in [0, 0.05) is 25.9 Å². The number of rotatable bonds is 5. The van der Waals surface area contributed by atoms with Gasteiger partial charge in [-0.3, -0.25) is 9.59 Å². The predicted molar refractivity (Wildman–Crippen MR) is 73.3 cm³/mol. The molecule has 20 heavy (non-hydrogen) atoms. The summed E-state index contributed by atoms with van der Waals surface area (Å²) in [6.45, 7) is 1.22. The van der Waals surface area contributed by atoms with E-state index in [1.807, 2.05) is 6.07 Å². The molecule has 0 radical (unpaired) electrons. The number of nitrogens with zero attached hydrogens (tertiary/aromatic N) is 1. The summed E-state index contributed by atoms with van der Waals surface area (Å²) in [5, 5.41) is 18.0. The minimum Gasteiger partial charge on any atom is -0.508 e. The molecule has 1 aliphatic rings. The van der Waals surface area contributed by atoms with Crippen LogP contribution < -0.4 is 0 Å². The quantitative estimate of drug-likeness (QED) is 0.806. The number of phenols is 1. The molecule has 5 nitrogen and oxygen atoms in total. The first kappa shape index (κ1) is 14.4. The zero-order valence-electron chi connectivity index (χ0n) is 11.3. The van der Waals surface area contributed by atoms with Crippen molar-refractivity contribution in [3.05, 3.63) is 29.3 Å². The Balaban J connectivity index is 1.85. The lowest BCUT2D eigenvalue weighted by Crippen LogP contribution is -2.35. The fraction of sp³-hybridized carbons (Fsp3) is 0.467. The van der Waals surface area contributed by atoms with Gasteiger partial charge in [-0.05, 0) is 42.5 Å². The minimum absolute atomic E-state index is 0.0596. The number of carbonyl (C=O) groups excluding carboxylic acids is 1. The molecule has 2 rings (SSSR count). The van der Waals surface area contributed by atoms with Gasteiger partial charge in [0.2, 0.25) is 5.91 Å². The summed E-state index contributed by atoms with van der Waals surface area (Å²) in [6.07, 6.45) is 2.45. The van der Waals surface area contributed by atoms with E-state index in [2.05, 4.69) is 0 Å². The third-order valence-electron chi connectivity index (χ3n) is 3.59. The molecular weight excluding hydrogens is 258 g/mol. The van der Waals surface area contributed by atoms with Gasteiger partial charge >= 0.3 is 5.97 Å². The van der Waals surface area contributed by atoms with Crippen molar-refractivity contribution in [1.82, 2.24) is 4.90 Å². The lowest BCUT2D eigenvalue weighted by atomic mass is 9.99. The smallest absolute Gasteiger partial charge is 0.303 e. The van der Waals surface area contributed by atoms with E-state index in [-0.39, 0.29) is 18.1 Å². The van der Waals surface area contributed by atoms with Crippen LogP contribution in [0.5, 0.6) is 5.75 Å². The molecule has 5 heteroatoms. The van der Waals surface area contributed by atoms with Gasteiger partial charge in [0.15, 0.2) is 0 Å². The minimum atomic E-state index is -0.820. The first-order valence-corrected chi connectivity index (χ1v) is 6.86. The molecule has 0 fully saturated rings. The number of carbonyl (C=O) groups is 2. The van der Waals surface area contributed by atoms with E-state index in [1.165, 1.54) is 5.56 Å². The summed E-state index contributed by atoms with van der Waals surface area (Å²) >= 11 is 0. The number of unbranched alkanes of at least 4 members (excludes halogenated alkanes) is 1. The van der Waals surface area contributed by atoms with Crippen molar-refractivity contribution < 1.29 is 19.8 Å². The van der Waals surface area contributed by atoms with Crippen LogP contribution >= 0.6 is 0 Å². The highest BCUT2D eigenvalue weighted by Gasteiger charge is 2.20. The first-order chi connectivity index (χ1) is 9.56. The largest absolute Gasteiger partial charge is 0.508 e. The lowest BCUT2D eigenvalue weighted by molar-refractivity contribution is -0.137. The topological polar surface area (TPSA) is 77.8 Å². The molecule has 1 aromatic carbocycles. The highest BCUT2D eigenvalue weighted by atomic mass is 16.4. The van der Waals surface area contributed by atoms with Crippen molar-refractivity contribution in [3.63, 3.8) is 0 Å². The number of hydrogen-bond acceptors (Lipinski definition) is 3. The molecule has 2 N–H and O–H groups in total. The molecule has 1 amide bonds. The summed E-state index contributed by atoms with van der Waals surface area (Å²) < 4.78 is 0. The molecule has 0 aliphatic carbocycles. The molecule has 0 bridgehead atoms. The highest BCUT2D eigenvalue weighted by molar-refractivity contribution is 5.76. The molecular formula is C15H19NO4. The SMILES string of the molecule is O=C(O)CCCCC(=O)N1CCc2ccc(O)cc2C1. The maximum absolute atomic E-state index is 12.1. The molecule has 1 aromatic rings. The van der Waals surface area contributed by atoms with Gasteiger partial charge < -0.3 is 15.1 Å². The molecule has 0 saturated carbocycles. The maximum Gasteiger partial charge on any atom is 0.303 e. The second-order valence-electron chi connectivity index (χ2n) is 5.12. The Bertz CT molecular complexity index is 513. The standard InChI is InChI=1S/C15H19NO4/c17-13-6-5-11-7-8-16(10-12(11)9-13)14(18)3-1-2-4-15(19)20/h5-6,9,17H,1-4,7-8,10H2,(H,19,20). The first-order valence-electron chi connectivity index (χ1n) is 6.86. The number of fused-ring (bicyclic) bond motifs is 1. The Morgan fingerprint density at radius 3 is 2.65 bits per heavy atom. The van der Waals surface area contributed by atoms with Crippen LogP contribution in [0.25, 0.3) is 0 Å². The second kappa shape index (κ2) is 6.41. The summed E-state index contributed by atoms with van der Waals surface area (Å²) in [7, 11) is 0. The Labute approximate surface area is 117 Å². The fourth-order valence-electron chi connectivity index (χ4n) is 2.47. The van der Waals surface area contributed by atoms with Gasteiger partial charge in [0.1, 0.15) is 5.75 Å². The van der Waals surface area contributed by atoms with Crippen LogP contribution in [0.15, 0.2) is 18.2 Å². The Morgan fingerprint density at radius 1 is 1.15 bits per heavy atom. The van der Waals surface area contributed by atoms with Crippen LogP contribution in [0, 0.1) is 0 Å². The van der Waals surface area contributed by atoms with E-state index in [9.17, 15) is 14.7 Å². The number of hydrogen-bond donors (Lipinski definition) is 2. The van der Waals surface area contributed by atoms with Crippen molar-refractivity contribution in [2.45, 2.75) is 38.6 Å². The van der Waals surface area contributed by atoms with E-state index in [1.54, 1.807) is 17.0 Å². The van der Waals surface area contributed by atoms with Gasteiger partial charge in [-0.2, -0.15) is 0 Å². The van der Waals surface area contributed by atoms with E-state index in [4.69, 9.17) is 5.11 Å². The lowest BCUT2D eigenvalue weighted by Gasteiger charge is -2.29. The summed E-state index contributed by atoms with van der Waals surface area (Å²) in [6, 6.07) is 5.28. The Morgan fingerprint density at radius 2 is 1.90 bits per heavy atom. The van der Waals surface area contributed by atoms with Crippen molar-refractivity contribution >= 4 is 11.9 Å². The van der Waals surface area contributed by atoms with E-state index in [0.717, 1.165) is 12.0 Å². The van der Waals surface area contributed by atoms with Crippen LogP contribution in [-0.2, 0) is 22.6 Å². The second-order valence-corrected chi connectivity index (χ2v) is 5.12. The van der Waals surface area contributed by atoms with Gasteiger partial charge in [-0.25, -0.2) is 0 Å². The van der Waals surface area contributed by atoms with Crippen molar-refractivity contribution in [1.29, 1.82) is 0 Å². The Kier molecular flexibility index (Phi) is 4.61. The predicted octanol–water partition coefficient (Wildman–Crippen LogP) is 1.92. The number of carboxylic acid groups (broad SMARTS) is 1. The molecule has 0 unspecified atom stereocenters. The van der Waals surface area contributed by atoms with Crippen LogP contribution in [-0.4, -0.2) is 33.5 Å². The van der Waals surface area contributed by atoms with E-state index >= 15 is 0 Å². The van der Waals surface area contributed by atoms with Crippen LogP contribution in [0.4, 0.5) is 0 Å². The van der Waals surface area contributed by atoms with E-state index in [0.29, 0.717) is 32.4 Å². The number of phenolic OH excluding ortho intramolecular Hbond substituents is 1. The zero-order valence-corrected chi connectivity index (χ0v) is 11.3. The van der Waals surface area contributed by atoms with Gasteiger partial charge in [-0.1, -0.05) is 6.07 Å². The highest BCUT2D eigenvalue weighted by Crippen LogP contribution is 2.23. The normalized spacial score (nSPS) is 13.9. The van der Waals surface area contributed by atoms with Crippen molar-refractivity contribution in [3.8, 4) is 5.75 Å². The van der Waals surface area contributed by atoms with Crippen LogP contribution in [0.2, 0.25) is 0 Å². The zero-order chi connectivity index (χ0) is 14.5. The molecule has 0 spiro atoms. The Hall–Kier alpha value is -2.04. The molecule has 108 valence electrons. The van der Waals surface area contributed by atoms with Crippen LogP contribution in [0.1, 0.15) is 36.8 Å². The van der Waals surface area contributed by atoms with Gasteiger partial charge in [0.05, 0.1) is 0 Å². The molecule has 0 saturated heterocycles. The summed E-state index contributed by atoms with van der Waals surface area (Å²) in [5.41, 5.74) is 2.17. The van der Waals surface area contributed by atoms with E-state index < -0.39 is 5.97 Å².